The Labute approximate surface area is 109 Å². The number of hydrogen-bond donors (Lipinski definition) is 0. The zero-order valence-electron chi connectivity index (χ0n) is 9.30. The predicted octanol–water partition coefficient (Wildman–Crippen LogP) is 4.17. The highest BCUT2D eigenvalue weighted by Gasteiger charge is 2.11. The number of nitrogens with zero attached hydrogens (tertiary/aromatic N) is 1. The van der Waals surface area contributed by atoms with Gasteiger partial charge in [-0.25, -0.2) is 9.38 Å². The average Bonchev–Trinajstić information content (AvgIpc) is 2.24. The number of ether oxygens (including phenoxy) is 1. The fourth-order valence-corrected chi connectivity index (χ4v) is 1.37. The molecule has 0 amide bonds. The highest BCUT2D eigenvalue weighted by Crippen LogP contribution is 2.32. The van der Waals surface area contributed by atoms with Crippen LogP contribution in [0.3, 0.4) is 0 Å². The molecule has 0 N–H and O–H groups in total. The fraction of sp³-hybridized carbons (Fsp3) is 0.250. The van der Waals surface area contributed by atoms with E-state index in [-0.39, 0.29) is 21.6 Å². The quantitative estimate of drug-likeness (QED) is 0.598. The molecule has 0 heterocycles. The fourth-order valence-electron chi connectivity index (χ4n) is 1.08. The maximum atomic E-state index is 13.5. The van der Waals surface area contributed by atoms with Crippen LogP contribution in [-0.2, 0) is 0 Å². The van der Waals surface area contributed by atoms with Gasteiger partial charge in [-0.3, -0.25) is 0 Å². The van der Waals surface area contributed by atoms with Crippen LogP contribution in [0, 0.1) is 18.2 Å². The van der Waals surface area contributed by atoms with Crippen molar-refractivity contribution in [2.45, 2.75) is 20.0 Å². The largest absolute Gasteiger partial charge is 0.476 e. The zero-order valence-corrected chi connectivity index (χ0v) is 10.8. The molecule has 0 saturated heterocycles. The first-order chi connectivity index (χ1) is 7.93. The summed E-state index contributed by atoms with van der Waals surface area (Å²) in [6.07, 6.45) is 4.71. The molecule has 0 bridgehead atoms. The van der Waals surface area contributed by atoms with Crippen molar-refractivity contribution in [3.8, 4) is 18.1 Å². The Bertz CT molecular complexity index is 490. The zero-order chi connectivity index (χ0) is 13.0. The first-order valence-corrected chi connectivity index (χ1v) is 5.52. The summed E-state index contributed by atoms with van der Waals surface area (Å²) in [5.41, 5.74) is 0.0566. The molecule has 1 unspecified atom stereocenters. The second-order valence-electron chi connectivity index (χ2n) is 3.27. The lowest BCUT2D eigenvalue weighted by Crippen LogP contribution is -2.08. The van der Waals surface area contributed by atoms with Gasteiger partial charge in [-0.2, -0.15) is 0 Å². The van der Waals surface area contributed by atoms with Crippen molar-refractivity contribution >= 4 is 34.1 Å². The van der Waals surface area contributed by atoms with E-state index < -0.39 is 11.9 Å². The smallest absolute Gasteiger partial charge is 0.156 e. The second kappa shape index (κ2) is 5.90. The first kappa shape index (κ1) is 13.8. The maximum Gasteiger partial charge on any atom is 0.156 e. The number of hydrogen-bond acceptors (Lipinski definition) is 2. The Morgan fingerprint density at radius 1 is 1.59 bits per heavy atom. The van der Waals surface area contributed by atoms with Gasteiger partial charge in [-0.15, -0.1) is 6.42 Å². The number of terminal acetylenes is 1. The van der Waals surface area contributed by atoms with Crippen LogP contribution < -0.4 is 4.74 Å². The Kier molecular flexibility index (Phi) is 4.80. The van der Waals surface area contributed by atoms with E-state index in [9.17, 15) is 4.39 Å². The topological polar surface area (TPSA) is 21.6 Å². The van der Waals surface area contributed by atoms with Crippen molar-refractivity contribution < 1.29 is 9.13 Å². The lowest BCUT2D eigenvalue weighted by atomic mass is 10.3. The summed E-state index contributed by atoms with van der Waals surface area (Å²) in [6.45, 7) is 3.22. The second-order valence-corrected chi connectivity index (χ2v) is 4.22. The average molecular weight is 274 g/mol. The van der Waals surface area contributed by atoms with Gasteiger partial charge in [-0.1, -0.05) is 29.1 Å². The molecule has 1 aromatic carbocycles. The van der Waals surface area contributed by atoms with Crippen LogP contribution in [0.15, 0.2) is 17.1 Å². The van der Waals surface area contributed by atoms with Crippen LogP contribution in [-0.4, -0.2) is 11.3 Å². The highest BCUT2D eigenvalue weighted by atomic mass is 35.5. The molecule has 2 nitrogen and oxygen atoms in total. The Morgan fingerprint density at radius 2 is 2.24 bits per heavy atom. The number of benzene rings is 1. The van der Waals surface area contributed by atoms with Crippen molar-refractivity contribution in [3.05, 3.63) is 23.0 Å². The van der Waals surface area contributed by atoms with Crippen molar-refractivity contribution in [3.63, 3.8) is 0 Å². The molecular weight excluding hydrogens is 264 g/mol. The number of aliphatic imine (C=N–C) groups is 1. The molecule has 1 rings (SSSR count). The van der Waals surface area contributed by atoms with E-state index in [1.165, 1.54) is 6.07 Å². The third kappa shape index (κ3) is 3.92. The predicted molar refractivity (Wildman–Crippen MR) is 69.0 cm³/mol. The molecule has 0 aliphatic heterocycles. The van der Waals surface area contributed by atoms with Crippen molar-refractivity contribution in [1.29, 1.82) is 0 Å². The van der Waals surface area contributed by atoms with Crippen LogP contribution in [0.5, 0.6) is 5.75 Å². The Balaban J connectivity index is 3.15. The Morgan fingerprint density at radius 3 is 2.76 bits per heavy atom. The van der Waals surface area contributed by atoms with Gasteiger partial charge in [0, 0.05) is 6.07 Å². The number of halogens is 3. The van der Waals surface area contributed by atoms with Crippen molar-refractivity contribution in [2.75, 3.05) is 0 Å². The molecule has 0 spiro atoms. The molecule has 0 fully saturated rings. The minimum atomic E-state index is -0.573. The summed E-state index contributed by atoms with van der Waals surface area (Å²) in [5, 5.41) is 0.345. The standard InChI is InChI=1S/C12H10Cl2FNO/c1-4-7(2)17-12-6-11(16-8(3)13)10(15)5-9(12)14/h1,5-7H,2-3H3/b16-8+. The van der Waals surface area contributed by atoms with E-state index in [2.05, 4.69) is 10.9 Å². The molecule has 5 heteroatoms. The van der Waals surface area contributed by atoms with Gasteiger partial charge in [0.15, 0.2) is 11.9 Å². The lowest BCUT2D eigenvalue weighted by Gasteiger charge is -2.11. The maximum absolute atomic E-state index is 13.5. The van der Waals surface area contributed by atoms with E-state index in [4.69, 9.17) is 34.4 Å². The SMILES string of the molecule is C#CC(C)Oc1cc(/N=C(\C)Cl)c(F)cc1Cl. The molecule has 90 valence electrons. The van der Waals surface area contributed by atoms with Crippen LogP contribution in [0.1, 0.15) is 13.8 Å². The molecule has 1 aromatic rings. The van der Waals surface area contributed by atoms with Gasteiger partial charge in [0.2, 0.25) is 0 Å². The third-order valence-corrected chi connectivity index (χ3v) is 2.19. The number of rotatable bonds is 3. The summed E-state index contributed by atoms with van der Waals surface area (Å²) in [5.74, 6) is 2.08. The summed E-state index contributed by atoms with van der Waals surface area (Å²) >= 11 is 11.4. The van der Waals surface area contributed by atoms with Gasteiger partial charge >= 0.3 is 0 Å². The lowest BCUT2D eigenvalue weighted by molar-refractivity contribution is 0.279. The molecule has 0 radical (unpaired) electrons. The summed E-state index contributed by atoms with van der Waals surface area (Å²) < 4.78 is 18.8. The minimum absolute atomic E-state index is 0.0566. The van der Waals surface area contributed by atoms with Crippen LogP contribution in [0.2, 0.25) is 5.02 Å². The normalized spacial score (nSPS) is 13.1. The van der Waals surface area contributed by atoms with Crippen LogP contribution in [0.4, 0.5) is 10.1 Å². The molecule has 1 atom stereocenters. The van der Waals surface area contributed by atoms with Crippen LogP contribution >= 0.6 is 23.2 Å². The van der Waals surface area contributed by atoms with E-state index in [0.717, 1.165) is 6.07 Å². The van der Waals surface area contributed by atoms with E-state index in [1.54, 1.807) is 13.8 Å². The highest BCUT2D eigenvalue weighted by molar-refractivity contribution is 6.65. The van der Waals surface area contributed by atoms with Gasteiger partial charge in [0.1, 0.15) is 16.6 Å². The van der Waals surface area contributed by atoms with E-state index >= 15 is 0 Å². The third-order valence-electron chi connectivity index (χ3n) is 1.81. The summed E-state index contributed by atoms with van der Waals surface area (Å²) in [7, 11) is 0. The molecule has 0 aromatic heterocycles. The summed E-state index contributed by atoms with van der Waals surface area (Å²) in [6, 6.07) is 2.47. The van der Waals surface area contributed by atoms with E-state index in [1.807, 2.05) is 0 Å². The van der Waals surface area contributed by atoms with Gasteiger partial charge in [0.25, 0.3) is 0 Å². The monoisotopic (exact) mass is 273 g/mol. The van der Waals surface area contributed by atoms with Gasteiger partial charge < -0.3 is 4.74 Å². The first-order valence-electron chi connectivity index (χ1n) is 4.76. The van der Waals surface area contributed by atoms with Crippen LogP contribution in [0.25, 0.3) is 0 Å². The summed E-state index contributed by atoms with van der Waals surface area (Å²) in [4.78, 5) is 3.81. The molecule has 0 saturated carbocycles. The van der Waals surface area contributed by atoms with Crippen molar-refractivity contribution in [2.24, 2.45) is 4.99 Å². The van der Waals surface area contributed by atoms with Gasteiger partial charge in [-0.05, 0) is 19.9 Å². The van der Waals surface area contributed by atoms with Gasteiger partial charge in [0.05, 0.1) is 5.02 Å². The molecule has 17 heavy (non-hydrogen) atoms. The molecular formula is C12H10Cl2FNO. The van der Waals surface area contributed by atoms with E-state index in [0.29, 0.717) is 0 Å². The Hall–Kier alpha value is -1.24. The van der Waals surface area contributed by atoms with Crippen molar-refractivity contribution in [1.82, 2.24) is 0 Å². The molecule has 0 aliphatic rings. The molecule has 0 aliphatic carbocycles. The minimum Gasteiger partial charge on any atom is -0.476 e.